The molecule has 2 aliphatic heterocycles. The highest BCUT2D eigenvalue weighted by Gasteiger charge is 2.45. The van der Waals surface area contributed by atoms with Crippen LogP contribution in [0.1, 0.15) is 41.6 Å². The molecule has 0 aliphatic carbocycles. The maximum atomic E-state index is 12.5. The smallest absolute Gasteiger partial charge is 0.313 e. The van der Waals surface area contributed by atoms with Crippen molar-refractivity contribution in [3.05, 3.63) is 35.4 Å². The van der Waals surface area contributed by atoms with E-state index in [0.29, 0.717) is 23.6 Å². The second-order valence-electron chi connectivity index (χ2n) is 5.60. The summed E-state index contributed by atoms with van der Waals surface area (Å²) in [7, 11) is 0. The molecule has 3 atom stereocenters. The van der Waals surface area contributed by atoms with Crippen LogP contribution in [-0.2, 0) is 4.79 Å². The fourth-order valence-corrected chi connectivity index (χ4v) is 3.37. The lowest BCUT2D eigenvalue weighted by atomic mass is 9.76. The number of benzene rings is 1. The van der Waals surface area contributed by atoms with Crippen LogP contribution >= 0.6 is 0 Å². The van der Waals surface area contributed by atoms with Gasteiger partial charge in [0.2, 0.25) is 0 Å². The first-order valence-corrected chi connectivity index (χ1v) is 6.72. The van der Waals surface area contributed by atoms with Crippen LogP contribution in [0.2, 0.25) is 0 Å². The third kappa shape index (κ3) is 1.82. The summed E-state index contributed by atoms with van der Waals surface area (Å²) in [6.45, 7) is 2.80. The normalized spacial score (nSPS) is 29.6. The van der Waals surface area contributed by atoms with Crippen molar-refractivity contribution in [3.63, 3.8) is 0 Å². The second-order valence-corrected chi connectivity index (χ2v) is 5.60. The molecule has 0 radical (unpaired) electrons. The second kappa shape index (κ2) is 4.37. The van der Waals surface area contributed by atoms with Crippen LogP contribution in [-0.4, -0.2) is 34.5 Å². The van der Waals surface area contributed by atoms with Crippen LogP contribution in [0.3, 0.4) is 0 Å². The van der Waals surface area contributed by atoms with Crippen LogP contribution in [0.5, 0.6) is 0 Å². The lowest BCUT2D eigenvalue weighted by Gasteiger charge is -2.45. The van der Waals surface area contributed by atoms with Gasteiger partial charge in [0.1, 0.15) is 5.92 Å². The van der Waals surface area contributed by atoms with Crippen molar-refractivity contribution in [3.8, 4) is 0 Å². The number of hydrogen-bond acceptors (Lipinski definition) is 2. The minimum absolute atomic E-state index is 0.00926. The zero-order valence-corrected chi connectivity index (χ0v) is 10.9. The third-order valence-electron chi connectivity index (χ3n) is 4.34. The van der Waals surface area contributed by atoms with Crippen molar-refractivity contribution in [2.75, 3.05) is 6.54 Å². The summed E-state index contributed by atoms with van der Waals surface area (Å²) in [4.78, 5) is 25.9. The predicted molar refractivity (Wildman–Crippen MR) is 70.0 cm³/mol. The highest BCUT2D eigenvalue weighted by molar-refractivity contribution is 6.00. The molecule has 100 valence electrons. The molecule has 1 saturated heterocycles. The van der Waals surface area contributed by atoms with Crippen molar-refractivity contribution < 1.29 is 14.7 Å². The number of carboxylic acid groups (broad SMARTS) is 1. The van der Waals surface area contributed by atoms with Gasteiger partial charge in [0.25, 0.3) is 5.91 Å². The Morgan fingerprint density at radius 3 is 2.84 bits per heavy atom. The molecule has 2 heterocycles. The number of nitrogens with zero attached hydrogens (tertiary/aromatic N) is 1. The molecule has 19 heavy (non-hydrogen) atoms. The Morgan fingerprint density at radius 1 is 1.37 bits per heavy atom. The van der Waals surface area contributed by atoms with Gasteiger partial charge in [-0.05, 0) is 30.4 Å². The lowest BCUT2D eigenvalue weighted by Crippen LogP contribution is -2.53. The molecule has 3 rings (SSSR count). The van der Waals surface area contributed by atoms with Crippen molar-refractivity contribution in [2.45, 2.75) is 31.7 Å². The van der Waals surface area contributed by atoms with E-state index in [1.165, 1.54) is 0 Å². The topological polar surface area (TPSA) is 57.6 Å². The van der Waals surface area contributed by atoms with Crippen molar-refractivity contribution in [1.29, 1.82) is 0 Å². The Bertz CT molecular complexity index is 540. The fourth-order valence-electron chi connectivity index (χ4n) is 3.37. The molecule has 1 aromatic rings. The molecule has 1 aromatic carbocycles. The highest BCUT2D eigenvalue weighted by atomic mass is 16.4. The molecule has 0 spiro atoms. The van der Waals surface area contributed by atoms with Gasteiger partial charge in [0.15, 0.2) is 0 Å². The lowest BCUT2D eigenvalue weighted by molar-refractivity contribution is -0.141. The van der Waals surface area contributed by atoms with E-state index in [4.69, 9.17) is 0 Å². The van der Waals surface area contributed by atoms with Gasteiger partial charge in [-0.2, -0.15) is 0 Å². The van der Waals surface area contributed by atoms with Crippen LogP contribution in [0, 0.1) is 5.92 Å². The summed E-state index contributed by atoms with van der Waals surface area (Å²) < 4.78 is 0. The van der Waals surface area contributed by atoms with E-state index < -0.39 is 11.9 Å². The van der Waals surface area contributed by atoms with Gasteiger partial charge >= 0.3 is 5.97 Å². The Morgan fingerprint density at radius 2 is 2.11 bits per heavy atom. The molecule has 4 nitrogen and oxygen atoms in total. The summed E-state index contributed by atoms with van der Waals surface area (Å²) >= 11 is 0. The van der Waals surface area contributed by atoms with E-state index in [0.717, 1.165) is 12.8 Å². The Hall–Kier alpha value is -1.84. The first-order chi connectivity index (χ1) is 9.09. The maximum absolute atomic E-state index is 12.5. The summed E-state index contributed by atoms with van der Waals surface area (Å²) in [6.07, 6.45) is 1.73. The standard InChI is InChI=1S/C15H17NO3/c1-9-6-7-16-12(8-9)13(15(18)19)10-4-2-3-5-11(10)14(16)17/h2-5,9,12-13H,6-8H2,1H3,(H,18,19)/t9-,12-,13+/m1/s1. The van der Waals surface area contributed by atoms with Gasteiger partial charge in [-0.15, -0.1) is 0 Å². The minimum Gasteiger partial charge on any atom is -0.481 e. The van der Waals surface area contributed by atoms with Crippen LogP contribution < -0.4 is 0 Å². The van der Waals surface area contributed by atoms with Crippen LogP contribution in [0.25, 0.3) is 0 Å². The average Bonchev–Trinajstić information content (AvgIpc) is 2.38. The summed E-state index contributed by atoms with van der Waals surface area (Å²) in [5.41, 5.74) is 1.23. The number of carboxylic acids is 1. The Kier molecular flexibility index (Phi) is 2.81. The maximum Gasteiger partial charge on any atom is 0.313 e. The number of carbonyl (C=O) groups excluding carboxylic acids is 1. The number of carbonyl (C=O) groups is 2. The van der Waals surface area contributed by atoms with Crippen molar-refractivity contribution in [2.24, 2.45) is 5.92 Å². The van der Waals surface area contributed by atoms with E-state index in [2.05, 4.69) is 6.92 Å². The van der Waals surface area contributed by atoms with E-state index in [1.807, 2.05) is 6.07 Å². The SMILES string of the molecule is C[C@@H]1CCN2C(=O)c3ccccc3[C@H](C(=O)O)[C@H]2C1. The molecule has 0 bridgehead atoms. The monoisotopic (exact) mass is 259 g/mol. The molecule has 0 aromatic heterocycles. The zero-order valence-electron chi connectivity index (χ0n) is 10.9. The van der Waals surface area contributed by atoms with E-state index in [1.54, 1.807) is 23.1 Å². The van der Waals surface area contributed by atoms with Crippen LogP contribution in [0.15, 0.2) is 24.3 Å². The predicted octanol–water partition coefficient (Wildman–Crippen LogP) is 2.11. The molecule has 1 fully saturated rings. The van der Waals surface area contributed by atoms with Gasteiger partial charge in [0.05, 0.1) is 0 Å². The number of aliphatic carboxylic acids is 1. The number of amides is 1. The molecule has 4 heteroatoms. The molecule has 0 unspecified atom stereocenters. The van der Waals surface area contributed by atoms with Gasteiger partial charge in [0, 0.05) is 18.2 Å². The van der Waals surface area contributed by atoms with Crippen molar-refractivity contribution >= 4 is 11.9 Å². The quantitative estimate of drug-likeness (QED) is 0.840. The number of piperidine rings is 1. The Labute approximate surface area is 112 Å². The van der Waals surface area contributed by atoms with Gasteiger partial charge in [-0.1, -0.05) is 25.1 Å². The van der Waals surface area contributed by atoms with Gasteiger partial charge < -0.3 is 10.0 Å². The van der Waals surface area contributed by atoms with Crippen LogP contribution in [0.4, 0.5) is 0 Å². The summed E-state index contributed by atoms with van der Waals surface area (Å²) in [5.74, 6) is -0.952. The molecular weight excluding hydrogens is 242 g/mol. The van der Waals surface area contributed by atoms with Gasteiger partial charge in [-0.3, -0.25) is 9.59 Å². The first-order valence-electron chi connectivity index (χ1n) is 6.72. The number of rotatable bonds is 1. The zero-order chi connectivity index (χ0) is 13.6. The first kappa shape index (κ1) is 12.2. The molecule has 1 N–H and O–H groups in total. The van der Waals surface area contributed by atoms with E-state index >= 15 is 0 Å². The molecular formula is C15H17NO3. The molecule has 1 amide bonds. The van der Waals surface area contributed by atoms with Gasteiger partial charge in [-0.25, -0.2) is 0 Å². The summed E-state index contributed by atoms with van der Waals surface area (Å²) in [6, 6.07) is 6.93. The summed E-state index contributed by atoms with van der Waals surface area (Å²) in [5, 5.41) is 9.56. The fraction of sp³-hybridized carbons (Fsp3) is 0.467. The Balaban J connectivity index is 2.12. The molecule has 2 aliphatic rings. The van der Waals surface area contributed by atoms with E-state index in [-0.39, 0.29) is 11.9 Å². The third-order valence-corrected chi connectivity index (χ3v) is 4.34. The van der Waals surface area contributed by atoms with E-state index in [9.17, 15) is 14.7 Å². The minimum atomic E-state index is -0.830. The largest absolute Gasteiger partial charge is 0.481 e. The number of fused-ring (bicyclic) bond motifs is 2. The number of hydrogen-bond donors (Lipinski definition) is 1. The van der Waals surface area contributed by atoms with Crippen molar-refractivity contribution in [1.82, 2.24) is 4.90 Å². The highest BCUT2D eigenvalue weighted by Crippen LogP contribution is 2.39. The molecule has 0 saturated carbocycles. The average molecular weight is 259 g/mol.